The third kappa shape index (κ3) is 4.92. The highest BCUT2D eigenvalue weighted by atomic mass is 15.0. The Balaban J connectivity index is 1.10. The maximum Gasteiger partial charge on any atom is 0.0548 e. The minimum Gasteiger partial charge on any atom is -0.317 e. The average molecular weight is 601 g/mol. The van der Waals surface area contributed by atoms with Crippen molar-refractivity contribution in [3.63, 3.8) is 0 Å². The number of hydrogen-bond donors (Lipinski definition) is 0. The lowest BCUT2D eigenvalue weighted by Crippen LogP contribution is -1.93. The molecule has 0 aliphatic heterocycles. The van der Waals surface area contributed by atoms with Gasteiger partial charge in [0.05, 0.1) is 16.6 Å². The molecule has 0 unspecified atom stereocenters. The second-order valence-corrected chi connectivity index (χ2v) is 12.3. The Labute approximate surface area is 274 Å². The fourth-order valence-electron chi connectivity index (χ4n) is 6.99. The molecule has 9 aromatic rings. The van der Waals surface area contributed by atoms with E-state index in [1.54, 1.807) is 0 Å². The van der Waals surface area contributed by atoms with E-state index in [9.17, 15) is 0 Å². The standard InChI is InChI=1S/C45H32N2/c1-4-10-34(11-5-1)35-20-16-32(17-21-35)28-33-18-22-36(23-19-33)37-24-25-43-41(29-37)42-31-44-38(26-27-46(44)39-12-6-2-7-13-39)30-45(42)47(43)40-14-8-3-9-15-40/h1-27,29-31H,28H2. The molecule has 2 nitrogen and oxygen atoms in total. The first-order chi connectivity index (χ1) is 23.3. The van der Waals surface area contributed by atoms with Crippen LogP contribution in [0.3, 0.4) is 0 Å². The predicted molar refractivity (Wildman–Crippen MR) is 198 cm³/mol. The Morgan fingerprint density at radius 3 is 1.55 bits per heavy atom. The van der Waals surface area contributed by atoms with Gasteiger partial charge in [0.25, 0.3) is 0 Å². The van der Waals surface area contributed by atoms with Gasteiger partial charge < -0.3 is 9.13 Å². The predicted octanol–water partition coefficient (Wildman–Crippen LogP) is 11.7. The molecule has 2 aromatic heterocycles. The van der Waals surface area contributed by atoms with E-state index in [-0.39, 0.29) is 0 Å². The summed E-state index contributed by atoms with van der Waals surface area (Å²) in [5.74, 6) is 0. The summed E-state index contributed by atoms with van der Waals surface area (Å²) in [4.78, 5) is 0. The molecule has 0 saturated carbocycles. The molecule has 47 heavy (non-hydrogen) atoms. The van der Waals surface area contributed by atoms with Gasteiger partial charge in [-0.1, -0.05) is 121 Å². The molecule has 222 valence electrons. The van der Waals surface area contributed by atoms with Gasteiger partial charge in [-0.25, -0.2) is 0 Å². The maximum atomic E-state index is 2.40. The Morgan fingerprint density at radius 1 is 0.362 bits per heavy atom. The summed E-state index contributed by atoms with van der Waals surface area (Å²) in [5, 5.41) is 3.74. The molecule has 0 radical (unpaired) electrons. The molecule has 0 fully saturated rings. The first-order valence-corrected chi connectivity index (χ1v) is 16.2. The fourth-order valence-corrected chi connectivity index (χ4v) is 6.99. The number of para-hydroxylation sites is 2. The van der Waals surface area contributed by atoms with Crippen LogP contribution in [0.5, 0.6) is 0 Å². The summed E-state index contributed by atoms with van der Waals surface area (Å²) in [7, 11) is 0. The number of benzene rings is 7. The quantitative estimate of drug-likeness (QED) is 0.180. The van der Waals surface area contributed by atoms with E-state index in [2.05, 4.69) is 191 Å². The average Bonchev–Trinajstić information content (AvgIpc) is 3.70. The summed E-state index contributed by atoms with van der Waals surface area (Å²) in [6.45, 7) is 0. The highest BCUT2D eigenvalue weighted by Gasteiger charge is 2.16. The summed E-state index contributed by atoms with van der Waals surface area (Å²) in [6, 6.07) is 63.7. The summed E-state index contributed by atoms with van der Waals surface area (Å²) in [6.07, 6.45) is 3.09. The first-order valence-electron chi connectivity index (χ1n) is 16.2. The van der Waals surface area contributed by atoms with Crippen LogP contribution < -0.4 is 0 Å². The number of aromatic nitrogens is 2. The molecule has 2 heteroatoms. The van der Waals surface area contributed by atoms with Gasteiger partial charge in [0, 0.05) is 33.7 Å². The number of hydrogen-bond acceptors (Lipinski definition) is 0. The van der Waals surface area contributed by atoms with Crippen molar-refractivity contribution < 1.29 is 0 Å². The van der Waals surface area contributed by atoms with Crippen molar-refractivity contribution in [3.05, 3.63) is 193 Å². The van der Waals surface area contributed by atoms with Crippen LogP contribution in [0.2, 0.25) is 0 Å². The van der Waals surface area contributed by atoms with Crippen molar-refractivity contribution >= 4 is 32.7 Å². The summed E-state index contributed by atoms with van der Waals surface area (Å²) >= 11 is 0. The first kappa shape index (κ1) is 27.2. The summed E-state index contributed by atoms with van der Waals surface area (Å²) in [5.41, 5.74) is 13.6. The highest BCUT2D eigenvalue weighted by molar-refractivity contribution is 6.14. The zero-order valence-electron chi connectivity index (χ0n) is 25.9. The van der Waals surface area contributed by atoms with Gasteiger partial charge in [0.1, 0.15) is 0 Å². The van der Waals surface area contributed by atoms with E-state index in [1.807, 2.05) is 0 Å². The Morgan fingerprint density at radius 2 is 0.894 bits per heavy atom. The lowest BCUT2D eigenvalue weighted by atomic mass is 9.98. The molecule has 0 saturated heterocycles. The topological polar surface area (TPSA) is 9.86 Å². The van der Waals surface area contributed by atoms with E-state index >= 15 is 0 Å². The molecule has 9 rings (SSSR count). The van der Waals surface area contributed by atoms with Gasteiger partial charge in [0.15, 0.2) is 0 Å². The van der Waals surface area contributed by atoms with Crippen LogP contribution in [-0.4, -0.2) is 9.13 Å². The molecule has 0 atom stereocenters. The second-order valence-electron chi connectivity index (χ2n) is 12.3. The van der Waals surface area contributed by atoms with Gasteiger partial charge in [-0.15, -0.1) is 0 Å². The van der Waals surface area contributed by atoms with Crippen LogP contribution in [0.15, 0.2) is 182 Å². The van der Waals surface area contributed by atoms with E-state index in [4.69, 9.17) is 0 Å². The molecular weight excluding hydrogens is 569 g/mol. The van der Waals surface area contributed by atoms with E-state index in [0.717, 1.165) is 6.42 Å². The van der Waals surface area contributed by atoms with Crippen LogP contribution >= 0.6 is 0 Å². The molecule has 0 aliphatic carbocycles. The molecule has 0 bridgehead atoms. The number of rotatable bonds is 6. The molecule has 0 aliphatic rings. The Hall–Kier alpha value is -6.12. The second kappa shape index (κ2) is 11.3. The van der Waals surface area contributed by atoms with Gasteiger partial charge in [0.2, 0.25) is 0 Å². The van der Waals surface area contributed by atoms with Crippen LogP contribution in [0, 0.1) is 0 Å². The number of fused-ring (bicyclic) bond motifs is 4. The molecular formula is C45H32N2. The van der Waals surface area contributed by atoms with Crippen LogP contribution in [-0.2, 0) is 6.42 Å². The van der Waals surface area contributed by atoms with E-state index < -0.39 is 0 Å². The smallest absolute Gasteiger partial charge is 0.0548 e. The summed E-state index contributed by atoms with van der Waals surface area (Å²) < 4.78 is 4.69. The lowest BCUT2D eigenvalue weighted by molar-refractivity contribution is 1.13. The van der Waals surface area contributed by atoms with Gasteiger partial charge in [-0.3, -0.25) is 0 Å². The van der Waals surface area contributed by atoms with E-state index in [0.29, 0.717) is 0 Å². The molecule has 2 heterocycles. The van der Waals surface area contributed by atoms with Crippen molar-refractivity contribution in [2.75, 3.05) is 0 Å². The van der Waals surface area contributed by atoms with Crippen LogP contribution in [0.1, 0.15) is 11.1 Å². The third-order valence-electron chi connectivity index (χ3n) is 9.38. The number of nitrogens with zero attached hydrogens (tertiary/aromatic N) is 2. The molecule has 7 aromatic carbocycles. The Kier molecular flexibility index (Phi) is 6.57. The molecule has 0 amide bonds. The van der Waals surface area contributed by atoms with Crippen molar-refractivity contribution in [2.24, 2.45) is 0 Å². The van der Waals surface area contributed by atoms with Gasteiger partial charge in [-0.05, 0) is 94.4 Å². The largest absolute Gasteiger partial charge is 0.317 e. The van der Waals surface area contributed by atoms with Gasteiger partial charge >= 0.3 is 0 Å². The van der Waals surface area contributed by atoms with Crippen LogP contribution in [0.4, 0.5) is 0 Å². The third-order valence-corrected chi connectivity index (χ3v) is 9.38. The Bertz CT molecular complexity index is 2490. The molecule has 0 spiro atoms. The fraction of sp³-hybridized carbons (Fsp3) is 0.0222. The zero-order chi connectivity index (χ0) is 31.2. The zero-order valence-corrected chi connectivity index (χ0v) is 25.9. The van der Waals surface area contributed by atoms with Crippen molar-refractivity contribution in [3.8, 4) is 33.6 Å². The minimum atomic E-state index is 0.913. The minimum absolute atomic E-state index is 0.913. The van der Waals surface area contributed by atoms with Crippen molar-refractivity contribution in [2.45, 2.75) is 6.42 Å². The van der Waals surface area contributed by atoms with Gasteiger partial charge in [-0.2, -0.15) is 0 Å². The van der Waals surface area contributed by atoms with Crippen LogP contribution in [0.25, 0.3) is 66.3 Å². The van der Waals surface area contributed by atoms with Crippen molar-refractivity contribution in [1.82, 2.24) is 9.13 Å². The SMILES string of the molecule is c1ccc(-c2ccc(Cc3ccc(-c4ccc5c(c4)c4cc6c(ccn6-c6ccccc6)cc4n5-c4ccccc4)cc3)cc2)cc1. The van der Waals surface area contributed by atoms with E-state index in [1.165, 1.54) is 77.5 Å². The monoisotopic (exact) mass is 600 g/mol. The normalized spacial score (nSPS) is 11.5. The molecule has 0 N–H and O–H groups in total. The lowest BCUT2D eigenvalue weighted by Gasteiger charge is -2.09. The maximum absolute atomic E-state index is 2.40. The highest BCUT2D eigenvalue weighted by Crippen LogP contribution is 2.38. The van der Waals surface area contributed by atoms with Crippen molar-refractivity contribution in [1.29, 1.82) is 0 Å².